The Labute approximate surface area is 151 Å². The fourth-order valence-electron chi connectivity index (χ4n) is 2.87. The Morgan fingerprint density at radius 3 is 2.69 bits per heavy atom. The number of fused-ring (bicyclic) bond motifs is 2. The standard InChI is InChI=1S/C20H21NO5/c1-10(2)7-8-25-20(24)15-9-14(22)16-18(26-15)13-6-5-11(3)12(4)17(13)21-19(16)23/h5-6,9-10,16H,7-8H2,1-4H3. The first-order valence-electron chi connectivity index (χ1n) is 8.63. The van der Waals surface area contributed by atoms with Gasteiger partial charge in [-0.25, -0.2) is 9.79 Å². The van der Waals surface area contributed by atoms with Gasteiger partial charge >= 0.3 is 5.97 Å². The first-order chi connectivity index (χ1) is 12.3. The van der Waals surface area contributed by atoms with Crippen LogP contribution in [0.3, 0.4) is 0 Å². The second-order valence-electron chi connectivity index (χ2n) is 6.98. The second-order valence-corrected chi connectivity index (χ2v) is 6.98. The van der Waals surface area contributed by atoms with Crippen LogP contribution in [0.15, 0.2) is 29.0 Å². The van der Waals surface area contributed by atoms with Crippen molar-refractivity contribution in [3.63, 3.8) is 0 Å². The summed E-state index contributed by atoms with van der Waals surface area (Å²) in [7, 11) is 0. The first kappa shape index (κ1) is 18.0. The fourth-order valence-corrected chi connectivity index (χ4v) is 2.87. The zero-order chi connectivity index (χ0) is 19.0. The molecule has 0 fully saturated rings. The Morgan fingerprint density at radius 2 is 2.00 bits per heavy atom. The van der Waals surface area contributed by atoms with Crippen LogP contribution in [0.2, 0.25) is 0 Å². The van der Waals surface area contributed by atoms with E-state index in [1.54, 1.807) is 6.07 Å². The van der Waals surface area contributed by atoms with Gasteiger partial charge in [0.05, 0.1) is 12.0 Å². The van der Waals surface area contributed by atoms with Crippen molar-refractivity contribution < 1.29 is 23.9 Å². The summed E-state index contributed by atoms with van der Waals surface area (Å²) in [5.74, 6) is -2.56. The maximum atomic E-state index is 12.4. The van der Waals surface area contributed by atoms with Gasteiger partial charge in [-0.15, -0.1) is 0 Å². The zero-order valence-corrected chi connectivity index (χ0v) is 15.3. The first-order valence-corrected chi connectivity index (χ1v) is 8.63. The number of allylic oxidation sites excluding steroid dienone is 1. The number of ketones is 1. The molecule has 1 aromatic rings. The lowest BCUT2D eigenvalue weighted by Crippen LogP contribution is -2.44. The van der Waals surface area contributed by atoms with Crippen molar-refractivity contribution in [2.24, 2.45) is 16.8 Å². The van der Waals surface area contributed by atoms with Crippen molar-refractivity contribution in [1.82, 2.24) is 0 Å². The summed E-state index contributed by atoms with van der Waals surface area (Å²) in [6.07, 6.45) is 1.75. The number of hydrogen-bond donors (Lipinski definition) is 0. The number of nitrogens with zero attached hydrogens (tertiary/aromatic N) is 1. The number of benzene rings is 1. The van der Waals surface area contributed by atoms with Crippen molar-refractivity contribution in [3.05, 3.63) is 45.7 Å². The quantitative estimate of drug-likeness (QED) is 0.600. The van der Waals surface area contributed by atoms with E-state index < -0.39 is 23.6 Å². The molecule has 0 saturated heterocycles. The van der Waals surface area contributed by atoms with Gasteiger partial charge in [-0.2, -0.15) is 0 Å². The van der Waals surface area contributed by atoms with E-state index in [0.29, 0.717) is 22.9 Å². The topological polar surface area (TPSA) is 82.0 Å². The number of esters is 1. The van der Waals surface area contributed by atoms with E-state index in [0.717, 1.165) is 17.2 Å². The third-order valence-corrected chi connectivity index (χ3v) is 4.61. The van der Waals surface area contributed by atoms with Gasteiger partial charge < -0.3 is 9.47 Å². The van der Waals surface area contributed by atoms with Gasteiger partial charge in [0.2, 0.25) is 5.76 Å². The molecule has 6 nitrogen and oxygen atoms in total. The van der Waals surface area contributed by atoms with Gasteiger partial charge in [0, 0.05) is 11.3 Å². The molecule has 1 aromatic carbocycles. The molecular weight excluding hydrogens is 334 g/mol. The smallest absolute Gasteiger partial charge is 0.374 e. The van der Waals surface area contributed by atoms with Crippen LogP contribution in [0.4, 0.5) is 0 Å². The van der Waals surface area contributed by atoms with E-state index in [1.807, 2.05) is 33.8 Å². The molecule has 1 amide bonds. The van der Waals surface area contributed by atoms with Crippen LogP contribution in [0.5, 0.6) is 0 Å². The monoisotopic (exact) mass is 355 g/mol. The minimum absolute atomic E-state index is 0.159. The SMILES string of the molecule is Cc1ccc2c(c1C)=NC(=O)C1C(=O)C=C(C(=O)OCCC(C)C)OC=21. The predicted octanol–water partition coefficient (Wildman–Crippen LogP) is 1.26. The van der Waals surface area contributed by atoms with Crippen molar-refractivity contribution in [3.8, 4) is 0 Å². The third-order valence-electron chi connectivity index (χ3n) is 4.61. The number of carbonyl (C=O) groups is 3. The molecule has 0 aromatic heterocycles. The van der Waals surface area contributed by atoms with Crippen molar-refractivity contribution >= 4 is 23.4 Å². The molecule has 0 spiro atoms. The van der Waals surface area contributed by atoms with Crippen molar-refractivity contribution in [2.45, 2.75) is 34.1 Å². The van der Waals surface area contributed by atoms with E-state index in [4.69, 9.17) is 9.47 Å². The normalized spacial score (nSPS) is 18.6. The zero-order valence-electron chi connectivity index (χ0n) is 15.3. The molecule has 0 radical (unpaired) electrons. The Hall–Kier alpha value is -2.76. The van der Waals surface area contributed by atoms with Gasteiger partial charge in [0.1, 0.15) is 5.76 Å². The van der Waals surface area contributed by atoms with Crippen LogP contribution in [0, 0.1) is 25.7 Å². The van der Waals surface area contributed by atoms with E-state index in [1.165, 1.54) is 0 Å². The summed E-state index contributed by atoms with van der Waals surface area (Å²) in [6, 6.07) is 3.63. The summed E-state index contributed by atoms with van der Waals surface area (Å²) in [6.45, 7) is 8.05. The van der Waals surface area contributed by atoms with E-state index in [-0.39, 0.29) is 18.1 Å². The molecule has 26 heavy (non-hydrogen) atoms. The molecular formula is C20H21NO5. The average molecular weight is 355 g/mol. The summed E-state index contributed by atoms with van der Waals surface area (Å²) in [4.78, 5) is 41.1. The number of ether oxygens (including phenoxy) is 2. The summed E-state index contributed by atoms with van der Waals surface area (Å²) < 4.78 is 10.8. The number of aryl methyl sites for hydroxylation is 1. The largest absolute Gasteiger partial charge is 0.460 e. The highest BCUT2D eigenvalue weighted by Crippen LogP contribution is 2.27. The van der Waals surface area contributed by atoms with Gasteiger partial charge in [0.25, 0.3) is 5.91 Å². The van der Waals surface area contributed by atoms with Crippen molar-refractivity contribution in [2.75, 3.05) is 6.61 Å². The summed E-state index contributed by atoms with van der Waals surface area (Å²) >= 11 is 0. The predicted molar refractivity (Wildman–Crippen MR) is 93.2 cm³/mol. The molecule has 0 bridgehead atoms. The van der Waals surface area contributed by atoms with Gasteiger partial charge in [-0.1, -0.05) is 19.9 Å². The maximum absolute atomic E-state index is 12.4. The van der Waals surface area contributed by atoms with Crippen LogP contribution in [-0.2, 0) is 23.9 Å². The molecule has 0 N–H and O–H groups in total. The third kappa shape index (κ3) is 3.19. The van der Waals surface area contributed by atoms with Crippen LogP contribution in [-0.4, -0.2) is 24.3 Å². The van der Waals surface area contributed by atoms with Gasteiger partial charge in [0.15, 0.2) is 11.7 Å². The average Bonchev–Trinajstić information content (AvgIpc) is 2.57. The minimum atomic E-state index is -1.13. The summed E-state index contributed by atoms with van der Waals surface area (Å²) in [5, 5.41) is 1.05. The van der Waals surface area contributed by atoms with Crippen LogP contribution in [0.25, 0.3) is 5.76 Å². The Balaban J connectivity index is 2.01. The molecule has 2 heterocycles. The van der Waals surface area contributed by atoms with Gasteiger partial charge in [-0.3, -0.25) is 9.59 Å². The minimum Gasteiger partial charge on any atom is -0.460 e. The molecule has 2 aliphatic rings. The molecule has 136 valence electrons. The molecule has 0 aliphatic carbocycles. The fraction of sp³-hybridized carbons (Fsp3) is 0.400. The molecule has 6 heteroatoms. The lowest BCUT2D eigenvalue weighted by molar-refractivity contribution is -0.144. The maximum Gasteiger partial charge on any atom is 0.374 e. The molecule has 2 aliphatic heterocycles. The Morgan fingerprint density at radius 1 is 1.27 bits per heavy atom. The highest BCUT2D eigenvalue weighted by atomic mass is 16.6. The highest BCUT2D eigenvalue weighted by Gasteiger charge is 2.39. The lowest BCUT2D eigenvalue weighted by Gasteiger charge is -2.24. The number of amides is 1. The van der Waals surface area contributed by atoms with Crippen LogP contribution >= 0.6 is 0 Å². The van der Waals surface area contributed by atoms with E-state index in [9.17, 15) is 14.4 Å². The highest BCUT2D eigenvalue weighted by molar-refractivity contribution is 6.16. The van der Waals surface area contributed by atoms with Crippen LogP contribution < -0.4 is 10.6 Å². The van der Waals surface area contributed by atoms with Gasteiger partial charge in [-0.05, 0) is 43.4 Å². The van der Waals surface area contributed by atoms with E-state index in [2.05, 4.69) is 4.99 Å². The van der Waals surface area contributed by atoms with E-state index >= 15 is 0 Å². The lowest BCUT2D eigenvalue weighted by atomic mass is 9.92. The van der Waals surface area contributed by atoms with Crippen molar-refractivity contribution in [1.29, 1.82) is 0 Å². The molecule has 0 saturated carbocycles. The second kappa shape index (κ2) is 6.86. The number of rotatable bonds is 4. The van der Waals surface area contributed by atoms with Crippen LogP contribution in [0.1, 0.15) is 31.4 Å². The number of carbonyl (C=O) groups excluding carboxylic acids is 3. The summed E-state index contributed by atoms with van der Waals surface area (Å²) in [5.41, 5.74) is 1.82. The molecule has 1 unspecified atom stereocenters. The Kier molecular flexibility index (Phi) is 4.76. The molecule has 3 rings (SSSR count). The molecule has 1 atom stereocenters. The number of hydrogen-bond acceptors (Lipinski definition) is 5. The Bertz CT molecular complexity index is 955.